The lowest BCUT2D eigenvalue weighted by atomic mass is 9.92. The number of amides is 5. The van der Waals surface area contributed by atoms with Gasteiger partial charge in [0.2, 0.25) is 23.5 Å². The summed E-state index contributed by atoms with van der Waals surface area (Å²) in [5.74, 6) is -4.62. The Morgan fingerprint density at radius 1 is 0.880 bits per heavy atom. The molecule has 7 atom stereocenters. The molecule has 1 aliphatic carbocycles. The first-order valence-corrected chi connectivity index (χ1v) is 17.4. The van der Waals surface area contributed by atoms with E-state index in [2.05, 4.69) is 31.2 Å². The number of hydrogen-bond acceptors (Lipinski definition) is 8. The van der Waals surface area contributed by atoms with Crippen LogP contribution in [-0.2, 0) is 24.0 Å². The fourth-order valence-corrected chi connectivity index (χ4v) is 6.59. The average molecular weight is 688 g/mol. The van der Waals surface area contributed by atoms with Crippen LogP contribution in [0.15, 0.2) is 61.1 Å². The van der Waals surface area contributed by atoms with Crippen LogP contribution in [0, 0.1) is 23.7 Å². The first kappa shape index (κ1) is 37.9. The van der Waals surface area contributed by atoms with Crippen molar-refractivity contribution in [3.05, 3.63) is 72.3 Å². The molecular weight excluding hydrogens is 638 g/mol. The van der Waals surface area contributed by atoms with Gasteiger partial charge in [-0.1, -0.05) is 83.5 Å². The Bertz CT molecular complexity index is 1560. The molecule has 1 saturated heterocycles. The molecule has 13 heteroatoms. The summed E-state index contributed by atoms with van der Waals surface area (Å²) in [4.78, 5) is 90.6. The minimum absolute atomic E-state index is 0.0519. The van der Waals surface area contributed by atoms with Crippen molar-refractivity contribution >= 4 is 35.3 Å². The van der Waals surface area contributed by atoms with Crippen molar-refractivity contribution in [2.24, 2.45) is 23.7 Å². The van der Waals surface area contributed by atoms with Crippen molar-refractivity contribution in [3.63, 3.8) is 0 Å². The van der Waals surface area contributed by atoms with Crippen molar-refractivity contribution in [2.75, 3.05) is 6.54 Å². The van der Waals surface area contributed by atoms with Crippen LogP contribution in [0.1, 0.15) is 82.9 Å². The molecule has 0 saturated carbocycles. The number of nitrogens with one attached hydrogen (secondary N) is 4. The summed E-state index contributed by atoms with van der Waals surface area (Å²) in [5, 5.41) is 11.1. The third-order valence-electron chi connectivity index (χ3n) is 9.39. The zero-order valence-corrected chi connectivity index (χ0v) is 29.6. The Morgan fingerprint density at radius 2 is 1.58 bits per heavy atom. The van der Waals surface area contributed by atoms with Gasteiger partial charge in [-0.2, -0.15) is 0 Å². The Balaban J connectivity index is 1.50. The van der Waals surface area contributed by atoms with Crippen LogP contribution >= 0.6 is 0 Å². The SMILES string of the molecule is CCCC(NC(=O)C1[C@H]2CC=C[C@H]2CN1C(=O)[C@@H](NC(=O)[C@H](NC(=O)c1cnccn1)C(C)C)C(C)C)C(=O)C(=O)N[C@@H](C)c1ccccc1. The Morgan fingerprint density at radius 3 is 2.20 bits per heavy atom. The Labute approximate surface area is 293 Å². The van der Waals surface area contributed by atoms with Gasteiger partial charge in [0.15, 0.2) is 0 Å². The molecule has 5 amide bonds. The lowest BCUT2D eigenvalue weighted by molar-refractivity contribution is -0.145. The van der Waals surface area contributed by atoms with Crippen molar-refractivity contribution in [3.8, 4) is 0 Å². The van der Waals surface area contributed by atoms with Crippen molar-refractivity contribution in [1.82, 2.24) is 36.1 Å². The van der Waals surface area contributed by atoms with Gasteiger partial charge in [-0.15, -0.1) is 0 Å². The van der Waals surface area contributed by atoms with Crippen molar-refractivity contribution < 1.29 is 28.8 Å². The number of nitrogens with zero attached hydrogens (tertiary/aromatic N) is 3. The molecule has 0 bridgehead atoms. The second-order valence-corrected chi connectivity index (χ2v) is 13.8. The molecule has 0 spiro atoms. The van der Waals surface area contributed by atoms with Crippen LogP contribution in [0.2, 0.25) is 0 Å². The number of Topliss-reactive ketones (excluding diaryl/α,β-unsaturated/α-hetero) is 1. The zero-order valence-electron chi connectivity index (χ0n) is 29.6. The largest absolute Gasteiger partial charge is 0.344 e. The average Bonchev–Trinajstić information content (AvgIpc) is 3.71. The predicted octanol–water partition coefficient (Wildman–Crippen LogP) is 2.51. The zero-order chi connectivity index (χ0) is 36.5. The maximum absolute atomic E-state index is 14.3. The maximum atomic E-state index is 14.3. The molecule has 2 aromatic rings. The van der Waals surface area contributed by atoms with E-state index in [-0.39, 0.29) is 42.3 Å². The molecule has 13 nitrogen and oxygen atoms in total. The number of allylic oxidation sites excluding steroid dienone is 1. The topological polar surface area (TPSA) is 180 Å². The standard InChI is InChI=1S/C37H49N7O6/c1-7-12-27(32(45)36(49)40-23(6)24-13-9-8-10-14-24)41-35(48)31-26-16-11-15-25(26)20-44(31)37(50)30(22(4)5)43-34(47)29(21(2)3)42-33(46)28-19-38-17-18-39-28/h8-11,13-15,17-19,21-23,25-27,29-31H,7,12,16,20H2,1-6H3,(H,40,49)(H,41,48)(H,42,46)(H,43,47)/t23-,25-,26-,27?,29+,30-,31?/m0/s1. The van der Waals surface area contributed by atoms with Crippen molar-refractivity contribution in [1.29, 1.82) is 0 Å². The summed E-state index contributed by atoms with van der Waals surface area (Å²) >= 11 is 0. The molecule has 1 aromatic heterocycles. The highest BCUT2D eigenvalue weighted by atomic mass is 16.2. The van der Waals surface area contributed by atoms with E-state index in [1.165, 1.54) is 23.5 Å². The molecule has 4 N–H and O–H groups in total. The number of carbonyl (C=O) groups excluding carboxylic acids is 6. The van der Waals surface area contributed by atoms with Crippen LogP contribution in [0.5, 0.6) is 0 Å². The van der Waals surface area contributed by atoms with Crippen molar-refractivity contribution in [2.45, 2.75) is 91.0 Å². The summed E-state index contributed by atoms with van der Waals surface area (Å²) in [7, 11) is 0. The van der Waals surface area contributed by atoms with Gasteiger partial charge in [0.05, 0.1) is 18.3 Å². The molecule has 2 unspecified atom stereocenters. The minimum atomic E-state index is -1.08. The Kier molecular flexibility index (Phi) is 13.0. The lowest BCUT2D eigenvalue weighted by Crippen LogP contribution is -2.60. The van der Waals surface area contributed by atoms with Crippen LogP contribution in [0.25, 0.3) is 0 Å². The Hall–Kier alpha value is -4.94. The number of likely N-dealkylation sites (tertiary alicyclic amines) is 1. The van der Waals surface area contributed by atoms with E-state index in [4.69, 9.17) is 0 Å². The number of rotatable bonds is 15. The number of hydrogen-bond donors (Lipinski definition) is 4. The summed E-state index contributed by atoms with van der Waals surface area (Å²) in [6, 6.07) is 4.85. The molecule has 2 heterocycles. The van der Waals surface area contributed by atoms with Gasteiger partial charge in [0, 0.05) is 24.9 Å². The number of benzene rings is 1. The second kappa shape index (κ2) is 17.1. The van der Waals surface area contributed by atoms with Crippen LogP contribution in [-0.4, -0.2) is 80.9 Å². The molecule has 1 aromatic carbocycles. The molecule has 4 rings (SSSR count). The monoisotopic (exact) mass is 687 g/mol. The van der Waals surface area contributed by atoms with Gasteiger partial charge in [-0.3, -0.25) is 33.8 Å². The van der Waals surface area contributed by atoms with Gasteiger partial charge in [0.25, 0.3) is 11.8 Å². The van der Waals surface area contributed by atoms with E-state index in [1.807, 2.05) is 49.4 Å². The van der Waals surface area contributed by atoms with Gasteiger partial charge >= 0.3 is 0 Å². The number of ketones is 1. The van der Waals surface area contributed by atoms with Crippen LogP contribution < -0.4 is 21.3 Å². The van der Waals surface area contributed by atoms with E-state index in [0.717, 1.165) is 5.56 Å². The number of aromatic nitrogens is 2. The highest BCUT2D eigenvalue weighted by Gasteiger charge is 2.50. The molecule has 1 fully saturated rings. The van der Waals surface area contributed by atoms with E-state index in [1.54, 1.807) is 34.6 Å². The first-order chi connectivity index (χ1) is 23.8. The number of carbonyl (C=O) groups is 6. The molecule has 2 aliphatic rings. The predicted molar refractivity (Wildman–Crippen MR) is 186 cm³/mol. The maximum Gasteiger partial charge on any atom is 0.290 e. The molecule has 0 radical (unpaired) electrons. The van der Waals surface area contributed by atoms with E-state index < -0.39 is 65.5 Å². The van der Waals surface area contributed by atoms with Gasteiger partial charge < -0.3 is 26.2 Å². The van der Waals surface area contributed by atoms with Crippen LogP contribution in [0.4, 0.5) is 0 Å². The van der Waals surface area contributed by atoms with E-state index in [9.17, 15) is 28.8 Å². The second-order valence-electron chi connectivity index (χ2n) is 13.8. The third kappa shape index (κ3) is 8.99. The van der Waals surface area contributed by atoms with Gasteiger partial charge in [0.1, 0.15) is 23.8 Å². The first-order valence-electron chi connectivity index (χ1n) is 17.4. The normalized spacial score (nSPS) is 20.4. The highest BCUT2D eigenvalue weighted by molar-refractivity contribution is 6.38. The smallest absolute Gasteiger partial charge is 0.290 e. The molecule has 1 aliphatic heterocycles. The molecule has 268 valence electrons. The summed E-state index contributed by atoms with van der Waals surface area (Å²) < 4.78 is 0. The van der Waals surface area contributed by atoms with E-state index in [0.29, 0.717) is 12.8 Å². The van der Waals surface area contributed by atoms with Crippen LogP contribution in [0.3, 0.4) is 0 Å². The summed E-state index contributed by atoms with van der Waals surface area (Å²) in [6.45, 7) is 11.0. The summed E-state index contributed by atoms with van der Waals surface area (Å²) in [5.41, 5.74) is 0.889. The summed E-state index contributed by atoms with van der Waals surface area (Å²) in [6.07, 6.45) is 9.43. The molecule has 50 heavy (non-hydrogen) atoms. The van der Waals surface area contributed by atoms with E-state index >= 15 is 0 Å². The quantitative estimate of drug-likeness (QED) is 0.163. The molecular formula is C37H49N7O6. The fourth-order valence-electron chi connectivity index (χ4n) is 6.59. The highest BCUT2D eigenvalue weighted by Crippen LogP contribution is 2.39. The lowest BCUT2D eigenvalue weighted by Gasteiger charge is -2.33. The van der Waals surface area contributed by atoms with Gasteiger partial charge in [-0.05, 0) is 43.1 Å². The fraction of sp³-hybridized carbons (Fsp3) is 0.514. The van der Waals surface area contributed by atoms with Gasteiger partial charge in [-0.25, -0.2) is 4.98 Å². The minimum Gasteiger partial charge on any atom is -0.344 e. The third-order valence-corrected chi connectivity index (χ3v) is 9.39. The number of fused-ring (bicyclic) bond motifs is 1.